The van der Waals surface area contributed by atoms with E-state index in [1.54, 1.807) is 30.6 Å². The highest BCUT2D eigenvalue weighted by Gasteiger charge is 2.32. The van der Waals surface area contributed by atoms with Crippen molar-refractivity contribution in [3.63, 3.8) is 0 Å². The number of nitrogens with zero attached hydrogens (tertiary/aromatic N) is 4. The molecular weight excluding hydrogens is 321 g/mol. The van der Waals surface area contributed by atoms with Gasteiger partial charge in [-0.3, -0.25) is 9.98 Å². The Morgan fingerprint density at radius 2 is 2.00 bits per heavy atom. The number of nitrogen functional groups attached to an aromatic ring is 1. The Labute approximate surface area is 137 Å². The first-order valence-electron chi connectivity index (χ1n) is 6.59. The second-order valence-electron chi connectivity index (χ2n) is 5.15. The molecule has 0 saturated carbocycles. The zero-order chi connectivity index (χ0) is 15.9. The molecule has 0 spiro atoms. The Morgan fingerprint density at radius 3 is 2.64 bits per heavy atom. The van der Waals surface area contributed by atoms with Crippen LogP contribution in [0.5, 0.6) is 0 Å². The summed E-state index contributed by atoms with van der Waals surface area (Å²) in [5.74, 6) is 0.163. The molecule has 3 rings (SSSR count). The smallest absolute Gasteiger partial charge is 0.220 e. The van der Waals surface area contributed by atoms with Crippen molar-refractivity contribution >= 4 is 41.1 Å². The highest BCUT2D eigenvalue weighted by molar-refractivity contribution is 6.36. The van der Waals surface area contributed by atoms with Gasteiger partial charge in [0.25, 0.3) is 0 Å². The van der Waals surface area contributed by atoms with E-state index in [0.29, 0.717) is 21.3 Å². The minimum absolute atomic E-state index is 0.163. The molecule has 2 aromatic rings. The van der Waals surface area contributed by atoms with Crippen molar-refractivity contribution in [2.24, 2.45) is 9.98 Å². The maximum Gasteiger partial charge on any atom is 0.220 e. The lowest BCUT2D eigenvalue weighted by Crippen LogP contribution is -2.17. The van der Waals surface area contributed by atoms with Crippen LogP contribution in [0.15, 0.2) is 34.4 Å². The summed E-state index contributed by atoms with van der Waals surface area (Å²) in [6, 6.07) is 5.21. The Hall–Kier alpha value is -1.98. The Morgan fingerprint density at radius 1 is 1.23 bits per heavy atom. The molecule has 0 saturated heterocycles. The minimum Gasteiger partial charge on any atom is -0.368 e. The van der Waals surface area contributed by atoms with Gasteiger partial charge < -0.3 is 5.73 Å². The standard InChI is InChI=1S/C15H13Cl2N5/c1-8-6-20-15(2,22-8)11-7-19-14(18)21-13(11)10-4-3-9(16)5-12(10)17/h3-7H,1-2H3,(H2,18,19,21). The van der Waals surface area contributed by atoms with Crippen molar-refractivity contribution in [3.05, 3.63) is 40.0 Å². The average molecular weight is 334 g/mol. The summed E-state index contributed by atoms with van der Waals surface area (Å²) in [6.07, 6.45) is 3.37. The van der Waals surface area contributed by atoms with Gasteiger partial charge in [-0.25, -0.2) is 9.97 Å². The van der Waals surface area contributed by atoms with Gasteiger partial charge in [-0.1, -0.05) is 23.2 Å². The average Bonchev–Trinajstić information content (AvgIpc) is 2.79. The summed E-state index contributed by atoms with van der Waals surface area (Å²) >= 11 is 12.3. The summed E-state index contributed by atoms with van der Waals surface area (Å²) in [5.41, 5.74) is 7.86. The lowest BCUT2D eigenvalue weighted by Gasteiger charge is -2.21. The van der Waals surface area contributed by atoms with Gasteiger partial charge in [-0.15, -0.1) is 0 Å². The fraction of sp³-hybridized carbons (Fsp3) is 0.200. The zero-order valence-corrected chi connectivity index (χ0v) is 13.5. The van der Waals surface area contributed by atoms with Crippen molar-refractivity contribution < 1.29 is 0 Å². The van der Waals surface area contributed by atoms with Gasteiger partial charge in [0.15, 0.2) is 5.66 Å². The molecule has 1 aliphatic rings. The highest BCUT2D eigenvalue weighted by Crippen LogP contribution is 2.39. The molecule has 1 aliphatic heterocycles. The van der Waals surface area contributed by atoms with E-state index in [0.717, 1.165) is 11.3 Å². The van der Waals surface area contributed by atoms with E-state index in [1.807, 2.05) is 13.8 Å². The molecule has 1 aromatic carbocycles. The number of hydrogen-bond acceptors (Lipinski definition) is 5. The maximum absolute atomic E-state index is 6.31. The van der Waals surface area contributed by atoms with E-state index in [2.05, 4.69) is 20.0 Å². The van der Waals surface area contributed by atoms with Gasteiger partial charge in [0, 0.05) is 28.6 Å². The number of nitrogens with two attached hydrogens (primary N) is 1. The van der Waals surface area contributed by atoms with E-state index in [4.69, 9.17) is 28.9 Å². The predicted octanol–water partition coefficient (Wildman–Crippen LogP) is 3.75. The number of halogens is 2. The minimum atomic E-state index is -0.782. The van der Waals surface area contributed by atoms with Gasteiger partial charge in [0.2, 0.25) is 5.95 Å². The van der Waals surface area contributed by atoms with Crippen molar-refractivity contribution in [1.82, 2.24) is 9.97 Å². The normalized spacial score (nSPS) is 20.3. The van der Waals surface area contributed by atoms with Gasteiger partial charge in [0.1, 0.15) is 0 Å². The zero-order valence-electron chi connectivity index (χ0n) is 12.0. The Kier molecular flexibility index (Phi) is 3.62. The number of hydrogen-bond donors (Lipinski definition) is 1. The van der Waals surface area contributed by atoms with Crippen LogP contribution in [-0.2, 0) is 5.66 Å². The number of aliphatic imine (C=N–C) groups is 2. The summed E-state index contributed by atoms with van der Waals surface area (Å²) < 4.78 is 0. The van der Waals surface area contributed by atoms with Crippen molar-refractivity contribution in [2.75, 3.05) is 5.73 Å². The topological polar surface area (TPSA) is 76.5 Å². The van der Waals surface area contributed by atoms with Crippen LogP contribution in [0.4, 0.5) is 5.95 Å². The SMILES string of the molecule is CC1=NC(C)(c2cnc(N)nc2-c2ccc(Cl)cc2Cl)N=C1. The third kappa shape index (κ3) is 2.58. The van der Waals surface area contributed by atoms with Crippen LogP contribution in [0.25, 0.3) is 11.3 Å². The third-order valence-electron chi connectivity index (χ3n) is 3.40. The fourth-order valence-electron chi connectivity index (χ4n) is 2.38. The molecule has 112 valence electrons. The molecule has 0 fully saturated rings. The molecule has 0 radical (unpaired) electrons. The van der Waals surface area contributed by atoms with E-state index in [-0.39, 0.29) is 5.95 Å². The molecule has 1 atom stereocenters. The molecule has 0 amide bonds. The first-order chi connectivity index (χ1) is 10.4. The van der Waals surface area contributed by atoms with Crippen molar-refractivity contribution in [2.45, 2.75) is 19.5 Å². The van der Waals surface area contributed by atoms with Crippen LogP contribution < -0.4 is 5.73 Å². The number of anilines is 1. The molecule has 2 heterocycles. The molecule has 7 heteroatoms. The fourth-order valence-corrected chi connectivity index (χ4v) is 2.88. The van der Waals surface area contributed by atoms with E-state index in [9.17, 15) is 0 Å². The molecule has 22 heavy (non-hydrogen) atoms. The summed E-state index contributed by atoms with van der Waals surface area (Å²) in [5, 5.41) is 1.04. The van der Waals surface area contributed by atoms with Crippen molar-refractivity contribution in [3.8, 4) is 11.3 Å². The van der Waals surface area contributed by atoms with Crippen LogP contribution in [-0.4, -0.2) is 21.9 Å². The number of rotatable bonds is 2. The number of benzene rings is 1. The van der Waals surface area contributed by atoms with Crippen LogP contribution in [0.3, 0.4) is 0 Å². The van der Waals surface area contributed by atoms with E-state index < -0.39 is 5.66 Å². The van der Waals surface area contributed by atoms with E-state index in [1.165, 1.54) is 0 Å². The summed E-state index contributed by atoms with van der Waals surface area (Å²) in [7, 11) is 0. The molecule has 1 aromatic heterocycles. The Balaban J connectivity index is 2.24. The van der Waals surface area contributed by atoms with Crippen LogP contribution >= 0.6 is 23.2 Å². The van der Waals surface area contributed by atoms with Crippen LogP contribution in [0.2, 0.25) is 10.0 Å². The first kappa shape index (κ1) is 14.9. The molecule has 2 N–H and O–H groups in total. The monoisotopic (exact) mass is 333 g/mol. The maximum atomic E-state index is 6.31. The van der Waals surface area contributed by atoms with Gasteiger partial charge in [-0.05, 0) is 32.0 Å². The summed E-state index contributed by atoms with van der Waals surface area (Å²) in [4.78, 5) is 17.4. The lowest BCUT2D eigenvalue weighted by molar-refractivity contribution is 0.539. The second-order valence-corrected chi connectivity index (χ2v) is 5.99. The lowest BCUT2D eigenvalue weighted by atomic mass is 9.98. The predicted molar refractivity (Wildman–Crippen MR) is 90.9 cm³/mol. The quantitative estimate of drug-likeness (QED) is 0.909. The molecule has 5 nitrogen and oxygen atoms in total. The molecule has 0 aliphatic carbocycles. The van der Waals surface area contributed by atoms with Crippen LogP contribution in [0, 0.1) is 0 Å². The van der Waals surface area contributed by atoms with Crippen LogP contribution in [0.1, 0.15) is 19.4 Å². The van der Waals surface area contributed by atoms with Gasteiger partial charge in [0.05, 0.1) is 16.4 Å². The highest BCUT2D eigenvalue weighted by atomic mass is 35.5. The van der Waals surface area contributed by atoms with E-state index >= 15 is 0 Å². The Bertz CT molecular complexity index is 816. The summed E-state index contributed by atoms with van der Waals surface area (Å²) in [6.45, 7) is 3.78. The first-order valence-corrected chi connectivity index (χ1v) is 7.35. The van der Waals surface area contributed by atoms with Gasteiger partial charge in [-0.2, -0.15) is 0 Å². The number of aromatic nitrogens is 2. The molecule has 0 bridgehead atoms. The third-order valence-corrected chi connectivity index (χ3v) is 3.95. The molecule has 1 unspecified atom stereocenters. The van der Waals surface area contributed by atoms with Gasteiger partial charge >= 0.3 is 0 Å². The second kappa shape index (κ2) is 5.34. The largest absolute Gasteiger partial charge is 0.368 e. The van der Waals surface area contributed by atoms with Crippen molar-refractivity contribution in [1.29, 1.82) is 0 Å². The molecular formula is C15H13Cl2N5.